The third kappa shape index (κ3) is 2.23. The van der Waals surface area contributed by atoms with E-state index in [1.807, 2.05) is 18.2 Å². The Balaban J connectivity index is 1.89. The van der Waals surface area contributed by atoms with Crippen LogP contribution in [-0.4, -0.2) is 10.2 Å². The number of aromatic nitrogens is 2. The zero-order valence-electron chi connectivity index (χ0n) is 9.43. The molecule has 0 radical (unpaired) electrons. The number of halogens is 1. The molecule has 1 N–H and O–H groups in total. The Bertz CT molecular complexity index is 675. The molecule has 1 aromatic carbocycles. The first-order valence-electron chi connectivity index (χ1n) is 5.51. The molecule has 0 atom stereocenters. The van der Waals surface area contributed by atoms with Crippen LogP contribution in [0.2, 0.25) is 0 Å². The Morgan fingerprint density at radius 2 is 2.11 bits per heavy atom. The number of fused-ring (bicyclic) bond motifs is 1. The Hall–Kier alpha value is -1.46. The van der Waals surface area contributed by atoms with Crippen molar-refractivity contribution in [2.24, 2.45) is 0 Å². The molecule has 0 fully saturated rings. The molecular formula is C13H10BrN3S. The quantitative estimate of drug-likeness (QED) is 0.790. The van der Waals surface area contributed by atoms with Gasteiger partial charge in [-0.2, -0.15) is 5.10 Å². The maximum Gasteiger partial charge on any atom is 0.156 e. The van der Waals surface area contributed by atoms with Crippen molar-refractivity contribution in [3.05, 3.63) is 51.3 Å². The third-order valence-electron chi connectivity index (χ3n) is 2.68. The zero-order valence-corrected chi connectivity index (χ0v) is 11.8. The smallest absolute Gasteiger partial charge is 0.156 e. The number of hydrogen-bond acceptors (Lipinski definition) is 4. The first kappa shape index (κ1) is 11.6. The summed E-state index contributed by atoms with van der Waals surface area (Å²) >= 11 is 5.24. The highest BCUT2D eigenvalue weighted by atomic mass is 79.9. The highest BCUT2D eigenvalue weighted by Gasteiger charge is 2.05. The van der Waals surface area contributed by atoms with Crippen molar-refractivity contribution in [3.8, 4) is 0 Å². The summed E-state index contributed by atoms with van der Waals surface area (Å²) in [7, 11) is 0. The largest absolute Gasteiger partial charge is 0.363 e. The number of benzene rings is 1. The van der Waals surface area contributed by atoms with Gasteiger partial charge >= 0.3 is 0 Å². The number of nitrogens with zero attached hydrogens (tertiary/aromatic N) is 2. The Labute approximate surface area is 117 Å². The van der Waals surface area contributed by atoms with Crippen LogP contribution < -0.4 is 5.32 Å². The molecule has 90 valence electrons. The lowest BCUT2D eigenvalue weighted by Crippen LogP contribution is -2.02. The van der Waals surface area contributed by atoms with Gasteiger partial charge in [0, 0.05) is 20.1 Å². The van der Waals surface area contributed by atoms with Gasteiger partial charge in [-0.05, 0) is 27.4 Å². The van der Waals surface area contributed by atoms with E-state index >= 15 is 0 Å². The normalized spacial score (nSPS) is 10.7. The minimum Gasteiger partial charge on any atom is -0.363 e. The number of nitrogens with one attached hydrogen (secondary N) is 1. The van der Waals surface area contributed by atoms with Crippen molar-refractivity contribution in [2.45, 2.75) is 6.54 Å². The van der Waals surface area contributed by atoms with Crippen molar-refractivity contribution >= 4 is 43.9 Å². The van der Waals surface area contributed by atoms with E-state index in [2.05, 4.69) is 49.0 Å². The van der Waals surface area contributed by atoms with Crippen LogP contribution in [0.3, 0.4) is 0 Å². The van der Waals surface area contributed by atoms with Gasteiger partial charge in [0.25, 0.3) is 0 Å². The molecule has 5 heteroatoms. The molecule has 0 unspecified atom stereocenters. The second kappa shape index (κ2) is 5.04. The lowest BCUT2D eigenvalue weighted by Gasteiger charge is -2.06. The van der Waals surface area contributed by atoms with Gasteiger partial charge in [-0.1, -0.05) is 24.3 Å². The SMILES string of the molecule is Brc1ccsc1CNc1nncc2ccccc12. The van der Waals surface area contributed by atoms with Crippen molar-refractivity contribution in [1.29, 1.82) is 0 Å². The minimum atomic E-state index is 0.751. The second-order valence-corrected chi connectivity index (χ2v) is 5.68. The van der Waals surface area contributed by atoms with E-state index in [0.717, 1.165) is 27.6 Å². The molecule has 18 heavy (non-hydrogen) atoms. The van der Waals surface area contributed by atoms with Crippen LogP contribution in [0.4, 0.5) is 5.82 Å². The summed E-state index contributed by atoms with van der Waals surface area (Å²) in [5.41, 5.74) is 0. The molecule has 0 saturated heterocycles. The molecule has 3 rings (SSSR count). The lowest BCUT2D eigenvalue weighted by molar-refractivity contribution is 1.02. The third-order valence-corrected chi connectivity index (χ3v) is 4.60. The Kier molecular flexibility index (Phi) is 3.25. The Morgan fingerprint density at radius 1 is 1.22 bits per heavy atom. The topological polar surface area (TPSA) is 37.8 Å². The average molecular weight is 320 g/mol. The maximum atomic E-state index is 4.16. The number of hydrogen-bond donors (Lipinski definition) is 1. The van der Waals surface area contributed by atoms with Gasteiger partial charge in [0.1, 0.15) is 0 Å². The number of thiophene rings is 1. The molecule has 0 bridgehead atoms. The zero-order chi connectivity index (χ0) is 12.4. The summed E-state index contributed by atoms with van der Waals surface area (Å²) in [6, 6.07) is 10.2. The standard InChI is InChI=1S/C13H10BrN3S/c14-11-5-6-18-12(11)8-15-13-10-4-2-1-3-9(10)7-16-17-13/h1-7H,8H2,(H,15,17). The summed E-state index contributed by atoms with van der Waals surface area (Å²) in [5, 5.41) is 15.8. The molecule has 0 amide bonds. The fourth-order valence-corrected chi connectivity index (χ4v) is 3.21. The van der Waals surface area contributed by atoms with E-state index in [1.54, 1.807) is 17.5 Å². The van der Waals surface area contributed by atoms with Crippen molar-refractivity contribution in [3.63, 3.8) is 0 Å². The van der Waals surface area contributed by atoms with Crippen molar-refractivity contribution in [1.82, 2.24) is 10.2 Å². The van der Waals surface area contributed by atoms with Crippen LogP contribution in [0, 0.1) is 0 Å². The molecule has 0 aliphatic rings. The molecule has 0 aliphatic heterocycles. The molecule has 3 aromatic rings. The van der Waals surface area contributed by atoms with Crippen LogP contribution in [0.5, 0.6) is 0 Å². The van der Waals surface area contributed by atoms with E-state index in [1.165, 1.54) is 4.88 Å². The van der Waals surface area contributed by atoms with Gasteiger partial charge in [-0.3, -0.25) is 0 Å². The van der Waals surface area contributed by atoms with Crippen LogP contribution in [0.15, 0.2) is 46.4 Å². The lowest BCUT2D eigenvalue weighted by atomic mass is 10.2. The molecule has 0 spiro atoms. The van der Waals surface area contributed by atoms with Gasteiger partial charge in [0.2, 0.25) is 0 Å². The predicted molar refractivity (Wildman–Crippen MR) is 78.9 cm³/mol. The van der Waals surface area contributed by atoms with Gasteiger partial charge in [0.15, 0.2) is 5.82 Å². The second-order valence-electron chi connectivity index (χ2n) is 3.83. The summed E-state index contributed by atoms with van der Waals surface area (Å²) in [6.45, 7) is 0.751. The number of anilines is 1. The predicted octanol–water partition coefficient (Wildman–Crippen LogP) is 4.07. The van der Waals surface area contributed by atoms with E-state index < -0.39 is 0 Å². The van der Waals surface area contributed by atoms with Gasteiger partial charge in [-0.25, -0.2) is 0 Å². The molecule has 0 saturated carbocycles. The summed E-state index contributed by atoms with van der Waals surface area (Å²) in [5.74, 6) is 0.827. The fraction of sp³-hybridized carbons (Fsp3) is 0.0769. The maximum absolute atomic E-state index is 4.16. The van der Waals surface area contributed by atoms with Crippen molar-refractivity contribution in [2.75, 3.05) is 5.32 Å². The minimum absolute atomic E-state index is 0.751. The summed E-state index contributed by atoms with van der Waals surface area (Å²) in [6.07, 6.45) is 1.78. The van der Waals surface area contributed by atoms with E-state index in [4.69, 9.17) is 0 Å². The van der Waals surface area contributed by atoms with Crippen LogP contribution in [-0.2, 0) is 6.54 Å². The monoisotopic (exact) mass is 319 g/mol. The summed E-state index contributed by atoms with van der Waals surface area (Å²) < 4.78 is 1.13. The van der Waals surface area contributed by atoms with Gasteiger partial charge in [0.05, 0.1) is 12.7 Å². The molecule has 0 aliphatic carbocycles. The van der Waals surface area contributed by atoms with Crippen LogP contribution in [0.25, 0.3) is 10.8 Å². The number of rotatable bonds is 3. The van der Waals surface area contributed by atoms with E-state index in [9.17, 15) is 0 Å². The van der Waals surface area contributed by atoms with Crippen LogP contribution >= 0.6 is 27.3 Å². The molecular weight excluding hydrogens is 310 g/mol. The summed E-state index contributed by atoms with van der Waals surface area (Å²) in [4.78, 5) is 1.25. The van der Waals surface area contributed by atoms with E-state index in [0.29, 0.717) is 0 Å². The average Bonchev–Trinajstić information content (AvgIpc) is 2.82. The fourth-order valence-electron chi connectivity index (χ4n) is 1.77. The first-order chi connectivity index (χ1) is 8.84. The molecule has 3 nitrogen and oxygen atoms in total. The van der Waals surface area contributed by atoms with Crippen LogP contribution in [0.1, 0.15) is 4.88 Å². The van der Waals surface area contributed by atoms with Gasteiger partial charge in [-0.15, -0.1) is 16.4 Å². The highest BCUT2D eigenvalue weighted by molar-refractivity contribution is 9.10. The molecule has 2 heterocycles. The van der Waals surface area contributed by atoms with Gasteiger partial charge < -0.3 is 5.32 Å². The van der Waals surface area contributed by atoms with Crippen molar-refractivity contribution < 1.29 is 0 Å². The van der Waals surface area contributed by atoms with E-state index in [-0.39, 0.29) is 0 Å². The highest BCUT2D eigenvalue weighted by Crippen LogP contribution is 2.25. The first-order valence-corrected chi connectivity index (χ1v) is 7.18. The molecule has 2 aromatic heterocycles. The Morgan fingerprint density at radius 3 is 2.94 bits per heavy atom.